The van der Waals surface area contributed by atoms with Gasteiger partial charge in [-0.05, 0) is 12.8 Å². The zero-order chi connectivity index (χ0) is 6.57. The second-order valence-electron chi connectivity index (χ2n) is 1.24. The van der Waals surface area contributed by atoms with Gasteiger partial charge in [-0.15, -0.1) is 12.4 Å². The molecule has 0 radical (unpaired) electrons. The van der Waals surface area contributed by atoms with Gasteiger partial charge in [0, 0.05) is 11.9 Å². The number of carboxylic acids is 2. The fourth-order valence-electron chi connectivity index (χ4n) is 0.204. The van der Waals surface area contributed by atoms with Crippen molar-refractivity contribution >= 4 is 47.4 Å². The number of hydrogen-bond donors (Lipinski definition) is 0. The van der Waals surface area contributed by atoms with E-state index in [9.17, 15) is 19.8 Å². The van der Waals surface area contributed by atoms with Crippen LogP contribution >= 0.6 is 12.4 Å². The fraction of sp³-hybridized carbons (Fsp3) is 0.500. The number of carboxylic acid groups (broad SMARTS) is 2. The molecule has 0 saturated carbocycles. The van der Waals surface area contributed by atoms with Crippen molar-refractivity contribution in [2.75, 3.05) is 0 Å². The predicted octanol–water partition coefficient (Wildman–Crippen LogP) is -2.69. The molecule has 54 valence electrons. The first-order chi connectivity index (χ1) is 3.63. The molecule has 0 aromatic heterocycles. The Bertz CT molecular complexity index is 102. The summed E-state index contributed by atoms with van der Waals surface area (Å²) in [6.45, 7) is 0. The van der Waals surface area contributed by atoms with Crippen LogP contribution in [0.25, 0.3) is 0 Å². The van der Waals surface area contributed by atoms with Crippen molar-refractivity contribution in [3.63, 3.8) is 0 Å². The van der Waals surface area contributed by atoms with Gasteiger partial charge in [0.1, 0.15) is 0 Å². The minimum atomic E-state index is -1.37. The maximum Gasteiger partial charge on any atom is 2.00 e. The molecule has 0 N–H and O–H groups in total. The van der Waals surface area contributed by atoms with Crippen LogP contribution in [0, 0.1) is 0 Å². The van der Waals surface area contributed by atoms with E-state index in [1.165, 1.54) is 0 Å². The Morgan fingerprint density at radius 2 is 1.20 bits per heavy atom. The Hall–Kier alpha value is -0.00377. The van der Waals surface area contributed by atoms with Gasteiger partial charge in [0.05, 0.1) is 0 Å². The van der Waals surface area contributed by atoms with E-state index >= 15 is 0 Å². The molecule has 0 atom stereocenters. The Morgan fingerprint density at radius 1 is 1.00 bits per heavy atom. The number of halogens is 1. The number of rotatable bonds is 3. The van der Waals surface area contributed by atoms with E-state index in [1.807, 2.05) is 0 Å². The summed E-state index contributed by atoms with van der Waals surface area (Å²) in [7, 11) is 0. The number of carbonyl (C=O) groups excluding carboxylic acids is 2. The molecule has 10 heavy (non-hydrogen) atoms. The van der Waals surface area contributed by atoms with Gasteiger partial charge < -0.3 is 19.8 Å². The van der Waals surface area contributed by atoms with E-state index < -0.39 is 24.8 Å². The van der Waals surface area contributed by atoms with Crippen LogP contribution < -0.4 is 10.2 Å². The van der Waals surface area contributed by atoms with E-state index in [4.69, 9.17) is 0 Å². The molecule has 0 bridgehead atoms. The van der Waals surface area contributed by atoms with E-state index in [1.54, 1.807) is 0 Å². The summed E-state index contributed by atoms with van der Waals surface area (Å²) in [5.41, 5.74) is 0. The summed E-state index contributed by atoms with van der Waals surface area (Å²) >= 11 is 0. The van der Waals surface area contributed by atoms with Crippen LogP contribution in [0.4, 0.5) is 0 Å². The normalized spacial score (nSPS) is 6.80. The molecule has 0 heterocycles. The third-order valence-corrected chi connectivity index (χ3v) is 0.533. The van der Waals surface area contributed by atoms with E-state index in [-0.39, 0.29) is 35.5 Å². The molecule has 0 aliphatic heterocycles. The van der Waals surface area contributed by atoms with Gasteiger partial charge in [0.25, 0.3) is 0 Å². The Kier molecular flexibility index (Phi) is 14.9. The molecular weight excluding hydrogens is 172 g/mol. The largest absolute Gasteiger partial charge is 2.00 e. The summed E-state index contributed by atoms with van der Waals surface area (Å²) in [6.07, 6.45) is -0.940. The Morgan fingerprint density at radius 3 is 1.30 bits per heavy atom. The van der Waals surface area contributed by atoms with Crippen LogP contribution in [0.2, 0.25) is 0 Å². The molecule has 6 heteroatoms. The number of hydrogen-bond acceptors (Lipinski definition) is 4. The number of carbonyl (C=O) groups is 2. The van der Waals surface area contributed by atoms with Gasteiger partial charge in [-0.25, -0.2) is 0 Å². The molecule has 0 amide bonds. The van der Waals surface area contributed by atoms with Crippen LogP contribution in [-0.4, -0.2) is 35.0 Å². The summed E-state index contributed by atoms with van der Waals surface area (Å²) in [6, 6.07) is 0. The summed E-state index contributed by atoms with van der Waals surface area (Å²) in [5.74, 6) is -2.73. The minimum Gasteiger partial charge on any atom is -0.550 e. The van der Waals surface area contributed by atoms with Crippen LogP contribution in [0.5, 0.6) is 0 Å². The molecule has 0 aliphatic carbocycles. The van der Waals surface area contributed by atoms with Crippen molar-refractivity contribution in [2.45, 2.75) is 12.8 Å². The maximum absolute atomic E-state index is 9.50. The van der Waals surface area contributed by atoms with Crippen molar-refractivity contribution in [1.82, 2.24) is 0 Å². The monoisotopic (exact) mass is 176 g/mol. The van der Waals surface area contributed by atoms with Gasteiger partial charge in [-0.2, -0.15) is 0 Å². The predicted molar refractivity (Wildman–Crippen MR) is 32.2 cm³/mol. The molecule has 0 aliphatic rings. The van der Waals surface area contributed by atoms with E-state index in [2.05, 4.69) is 0 Å². The molecule has 0 fully saturated rings. The van der Waals surface area contributed by atoms with Gasteiger partial charge in [0.15, 0.2) is 0 Å². The van der Waals surface area contributed by atoms with Crippen LogP contribution in [0.3, 0.4) is 0 Å². The molecule has 0 aromatic rings. The fourth-order valence-corrected chi connectivity index (χ4v) is 0.204. The topological polar surface area (TPSA) is 80.3 Å². The minimum absolute atomic E-state index is 0. The van der Waals surface area contributed by atoms with Gasteiger partial charge in [0.2, 0.25) is 0 Å². The summed E-state index contributed by atoms with van der Waals surface area (Å²) < 4.78 is 0. The second-order valence-corrected chi connectivity index (χ2v) is 1.24. The second kappa shape index (κ2) is 9.00. The molecule has 0 saturated heterocycles. The quantitative estimate of drug-likeness (QED) is 0.439. The first-order valence-corrected chi connectivity index (χ1v) is 2.02. The maximum atomic E-state index is 9.50. The van der Waals surface area contributed by atoms with Crippen molar-refractivity contribution in [3.05, 3.63) is 0 Å². The Balaban J connectivity index is -0.000000245. The van der Waals surface area contributed by atoms with Crippen molar-refractivity contribution < 1.29 is 19.8 Å². The number of aliphatic carboxylic acids is 2. The Labute approximate surface area is 80.2 Å². The molecule has 4 nitrogen and oxygen atoms in total. The molecule has 0 aromatic carbocycles. The smallest absolute Gasteiger partial charge is 0.550 e. The van der Waals surface area contributed by atoms with Crippen LogP contribution in [0.15, 0.2) is 0 Å². The van der Waals surface area contributed by atoms with Gasteiger partial charge in [-0.1, -0.05) is 0 Å². The summed E-state index contributed by atoms with van der Waals surface area (Å²) in [5, 5.41) is 19.0. The van der Waals surface area contributed by atoms with Crippen LogP contribution in [0.1, 0.15) is 12.8 Å². The SMILES string of the molecule is Cl.O=C([O-])CCC(=O)[O-].[Mg+2]. The molecule has 0 unspecified atom stereocenters. The molecule has 0 rings (SSSR count). The van der Waals surface area contributed by atoms with Gasteiger partial charge >= 0.3 is 23.1 Å². The third-order valence-electron chi connectivity index (χ3n) is 0.533. The van der Waals surface area contributed by atoms with Crippen molar-refractivity contribution in [3.8, 4) is 0 Å². The van der Waals surface area contributed by atoms with E-state index in [0.717, 1.165) is 0 Å². The third kappa shape index (κ3) is 15.7. The average Bonchev–Trinajstić information content (AvgIpc) is 1.61. The zero-order valence-corrected chi connectivity index (χ0v) is 7.39. The van der Waals surface area contributed by atoms with Crippen molar-refractivity contribution in [2.24, 2.45) is 0 Å². The first kappa shape index (κ1) is 16.5. The standard InChI is InChI=1S/C4H6O4.ClH.Mg/c5-3(6)1-2-4(7)8;;/h1-2H2,(H,5,6)(H,7,8);1H;/q;;+2/p-2. The molecule has 0 spiro atoms. The zero-order valence-electron chi connectivity index (χ0n) is 5.16. The molecular formula is C4H5ClMgO4. The van der Waals surface area contributed by atoms with Crippen molar-refractivity contribution in [1.29, 1.82) is 0 Å². The van der Waals surface area contributed by atoms with E-state index in [0.29, 0.717) is 0 Å². The van der Waals surface area contributed by atoms with Gasteiger partial charge in [-0.3, -0.25) is 0 Å². The summed E-state index contributed by atoms with van der Waals surface area (Å²) in [4.78, 5) is 19.0. The first-order valence-electron chi connectivity index (χ1n) is 2.02. The van der Waals surface area contributed by atoms with Crippen LogP contribution in [-0.2, 0) is 9.59 Å². The average molecular weight is 177 g/mol.